The van der Waals surface area contributed by atoms with Crippen LogP contribution in [0, 0.1) is 19.8 Å². The lowest BCUT2D eigenvalue weighted by Crippen LogP contribution is -2.44. The number of hydrogen-bond acceptors (Lipinski definition) is 5. The normalized spacial score (nSPS) is 24.6. The topological polar surface area (TPSA) is 89.9 Å². The van der Waals surface area contributed by atoms with Crippen molar-refractivity contribution < 1.29 is 10.0 Å². The zero-order valence-corrected chi connectivity index (χ0v) is 19.1. The Labute approximate surface area is 185 Å². The molecule has 1 saturated heterocycles. The van der Waals surface area contributed by atoms with Gasteiger partial charge in [0.15, 0.2) is 0 Å². The van der Waals surface area contributed by atoms with Gasteiger partial charge in [0.25, 0.3) is 0 Å². The van der Waals surface area contributed by atoms with Crippen LogP contribution >= 0.6 is 0 Å². The molecule has 3 atom stereocenters. The van der Waals surface area contributed by atoms with Crippen molar-refractivity contribution in [3.63, 3.8) is 0 Å². The minimum absolute atomic E-state index is 0.229. The fourth-order valence-electron chi connectivity index (χ4n) is 4.77. The highest BCUT2D eigenvalue weighted by Gasteiger charge is 2.35. The number of aryl methyl sites for hydroxylation is 2. The van der Waals surface area contributed by atoms with E-state index in [0.717, 1.165) is 37.9 Å². The molecule has 1 aromatic heterocycles. The zero-order chi connectivity index (χ0) is 22.4. The van der Waals surface area contributed by atoms with E-state index in [-0.39, 0.29) is 12.1 Å². The number of pyridine rings is 1. The second-order valence-electron chi connectivity index (χ2n) is 8.79. The highest BCUT2D eigenvalue weighted by molar-refractivity contribution is 5.72. The Kier molecular flexibility index (Phi) is 7.98. The van der Waals surface area contributed by atoms with Gasteiger partial charge in [0.1, 0.15) is 0 Å². The second kappa shape index (κ2) is 10.7. The van der Waals surface area contributed by atoms with Crippen LogP contribution in [0.2, 0.25) is 0 Å². The summed E-state index contributed by atoms with van der Waals surface area (Å²) >= 11 is 0. The molecule has 0 spiro atoms. The van der Waals surface area contributed by atoms with Gasteiger partial charge in [0, 0.05) is 25.5 Å². The molecule has 1 aromatic rings. The Morgan fingerprint density at radius 1 is 1.26 bits per heavy atom. The van der Waals surface area contributed by atoms with Gasteiger partial charge in [-0.05, 0) is 69.1 Å². The minimum Gasteiger partial charge on any atom is -0.333 e. The third kappa shape index (κ3) is 5.80. The summed E-state index contributed by atoms with van der Waals surface area (Å²) in [5.74, 6) is 0.487. The van der Waals surface area contributed by atoms with E-state index in [0.29, 0.717) is 12.5 Å². The largest absolute Gasteiger partial charge is 0.338 e. The van der Waals surface area contributed by atoms with Crippen molar-refractivity contribution in [1.82, 2.24) is 20.7 Å². The number of piperidine rings is 1. The standard InChI is InChI=1S/C24H35N5O2/c1-16-12-18(3)22(26-14-16)20-8-7-9-21(23-19(4)13-17(2)15-27-23)29(20)11-6-5-10-25-24(30)28-31/h5-6,12,14-15,17,20-21,31H,7-11,13H2,1-4H3,(H2,25,28,30)/t17?,20-,21+/m0/s1. The van der Waals surface area contributed by atoms with Crippen LogP contribution in [0.1, 0.15) is 62.4 Å². The van der Waals surface area contributed by atoms with Crippen LogP contribution in [-0.4, -0.2) is 46.5 Å². The lowest BCUT2D eigenvalue weighted by Gasteiger charge is -2.43. The van der Waals surface area contributed by atoms with Crippen molar-refractivity contribution in [2.45, 2.75) is 65.5 Å². The van der Waals surface area contributed by atoms with Crippen LogP contribution in [0.25, 0.3) is 0 Å². The molecule has 0 bridgehead atoms. The highest BCUT2D eigenvalue weighted by Crippen LogP contribution is 2.39. The number of nitrogens with zero attached hydrogens (tertiary/aromatic N) is 3. The van der Waals surface area contributed by atoms with Crippen LogP contribution in [0.3, 0.4) is 0 Å². The molecule has 2 amide bonds. The fourth-order valence-corrected chi connectivity index (χ4v) is 4.77. The molecular weight excluding hydrogens is 390 g/mol. The number of allylic oxidation sites excluding steroid dienone is 1. The summed E-state index contributed by atoms with van der Waals surface area (Å²) in [6.45, 7) is 9.75. The molecule has 168 valence electrons. The maximum Gasteiger partial charge on any atom is 0.338 e. The molecule has 31 heavy (non-hydrogen) atoms. The maximum atomic E-state index is 11.2. The van der Waals surface area contributed by atoms with E-state index in [1.165, 1.54) is 22.4 Å². The Bertz CT molecular complexity index is 877. The van der Waals surface area contributed by atoms with E-state index in [1.807, 2.05) is 12.3 Å². The zero-order valence-electron chi connectivity index (χ0n) is 19.1. The number of aromatic nitrogens is 1. The van der Waals surface area contributed by atoms with Gasteiger partial charge in [0.05, 0.1) is 23.5 Å². The summed E-state index contributed by atoms with van der Waals surface area (Å²) in [5, 5.41) is 11.2. The smallest absolute Gasteiger partial charge is 0.333 e. The number of rotatable bonds is 6. The van der Waals surface area contributed by atoms with Crippen LogP contribution in [-0.2, 0) is 0 Å². The van der Waals surface area contributed by atoms with E-state index in [1.54, 1.807) is 5.48 Å². The number of hydroxylamine groups is 1. The average Bonchev–Trinajstić information content (AvgIpc) is 2.74. The number of nitrogens with one attached hydrogen (secondary N) is 2. The Balaban J connectivity index is 1.86. The van der Waals surface area contributed by atoms with Crippen LogP contribution in [0.5, 0.6) is 0 Å². The number of urea groups is 1. The van der Waals surface area contributed by atoms with Gasteiger partial charge in [-0.2, -0.15) is 0 Å². The summed E-state index contributed by atoms with van der Waals surface area (Å²) in [6.07, 6.45) is 12.4. The number of likely N-dealkylation sites (tertiary alicyclic amines) is 1. The van der Waals surface area contributed by atoms with Crippen molar-refractivity contribution in [3.05, 3.63) is 52.5 Å². The third-order valence-corrected chi connectivity index (χ3v) is 6.14. The molecular formula is C24H35N5O2. The summed E-state index contributed by atoms with van der Waals surface area (Å²) in [5.41, 5.74) is 7.72. The van der Waals surface area contributed by atoms with Crippen LogP contribution < -0.4 is 10.8 Å². The molecule has 7 heteroatoms. The molecule has 0 aromatic carbocycles. The lowest BCUT2D eigenvalue weighted by atomic mass is 9.87. The highest BCUT2D eigenvalue weighted by atomic mass is 16.5. The van der Waals surface area contributed by atoms with E-state index >= 15 is 0 Å². The lowest BCUT2D eigenvalue weighted by molar-refractivity contribution is 0.112. The van der Waals surface area contributed by atoms with Crippen molar-refractivity contribution in [2.24, 2.45) is 10.9 Å². The number of hydrogen-bond donors (Lipinski definition) is 3. The first-order chi connectivity index (χ1) is 14.9. The molecule has 3 heterocycles. The van der Waals surface area contributed by atoms with Gasteiger partial charge in [-0.15, -0.1) is 0 Å². The molecule has 0 aliphatic carbocycles. The van der Waals surface area contributed by atoms with Crippen molar-refractivity contribution in [2.75, 3.05) is 13.1 Å². The molecule has 1 unspecified atom stereocenters. The summed E-state index contributed by atoms with van der Waals surface area (Å²) in [7, 11) is 0. The predicted molar refractivity (Wildman–Crippen MR) is 123 cm³/mol. The number of amides is 2. The van der Waals surface area contributed by atoms with Crippen molar-refractivity contribution in [3.8, 4) is 0 Å². The molecule has 0 radical (unpaired) electrons. The van der Waals surface area contributed by atoms with Crippen molar-refractivity contribution in [1.29, 1.82) is 0 Å². The van der Waals surface area contributed by atoms with Gasteiger partial charge in [-0.1, -0.05) is 25.1 Å². The molecule has 1 fully saturated rings. The first-order valence-corrected chi connectivity index (χ1v) is 11.2. The van der Waals surface area contributed by atoms with Crippen LogP contribution in [0.4, 0.5) is 4.79 Å². The van der Waals surface area contributed by atoms with E-state index in [9.17, 15) is 4.79 Å². The fraction of sp³-hybridized carbons (Fsp3) is 0.542. The monoisotopic (exact) mass is 425 g/mol. The summed E-state index contributed by atoms with van der Waals surface area (Å²) < 4.78 is 0. The first kappa shape index (κ1) is 23.2. The van der Waals surface area contributed by atoms with Gasteiger partial charge in [-0.3, -0.25) is 20.1 Å². The SMILES string of the molecule is CC1=C([C@H]2CCC[C@@H](c3ncc(C)cc3C)N2CC=CCNC(=O)NO)N=CC(C)C1. The Hall–Kier alpha value is -2.51. The predicted octanol–water partition coefficient (Wildman–Crippen LogP) is 4.22. The number of aliphatic imine (C=N–C) groups is 1. The van der Waals surface area contributed by atoms with E-state index in [2.05, 4.69) is 56.3 Å². The van der Waals surface area contributed by atoms with Gasteiger partial charge < -0.3 is 5.32 Å². The minimum atomic E-state index is -0.607. The third-order valence-electron chi connectivity index (χ3n) is 6.14. The molecule has 7 nitrogen and oxygen atoms in total. The molecule has 3 rings (SSSR count). The number of carbonyl (C=O) groups is 1. The van der Waals surface area contributed by atoms with Gasteiger partial charge in [-0.25, -0.2) is 10.3 Å². The Morgan fingerprint density at radius 3 is 2.74 bits per heavy atom. The summed E-state index contributed by atoms with van der Waals surface area (Å²) in [4.78, 5) is 23.4. The molecule has 0 saturated carbocycles. The first-order valence-electron chi connectivity index (χ1n) is 11.2. The van der Waals surface area contributed by atoms with Crippen molar-refractivity contribution >= 4 is 12.2 Å². The Morgan fingerprint density at radius 2 is 2.03 bits per heavy atom. The summed E-state index contributed by atoms with van der Waals surface area (Å²) in [6, 6.07) is 2.09. The van der Waals surface area contributed by atoms with Crippen LogP contribution in [0.15, 0.2) is 40.7 Å². The molecule has 2 aliphatic heterocycles. The maximum absolute atomic E-state index is 11.2. The molecule has 2 aliphatic rings. The van der Waals surface area contributed by atoms with Gasteiger partial charge >= 0.3 is 6.03 Å². The van der Waals surface area contributed by atoms with E-state index < -0.39 is 6.03 Å². The quantitative estimate of drug-likeness (QED) is 0.362. The number of carbonyl (C=O) groups excluding carboxylic acids is 1. The molecule has 3 N–H and O–H groups in total. The average molecular weight is 426 g/mol. The van der Waals surface area contributed by atoms with E-state index in [4.69, 9.17) is 15.2 Å². The van der Waals surface area contributed by atoms with Gasteiger partial charge in [0.2, 0.25) is 0 Å². The second-order valence-corrected chi connectivity index (χ2v) is 8.79.